The summed E-state index contributed by atoms with van der Waals surface area (Å²) in [5, 5.41) is 0. The predicted molar refractivity (Wildman–Crippen MR) is 124 cm³/mol. The fraction of sp³-hybridized carbons (Fsp3) is 0.480. The van der Waals surface area contributed by atoms with Gasteiger partial charge in [0.05, 0.1) is 11.0 Å². The molecule has 0 radical (unpaired) electrons. The van der Waals surface area contributed by atoms with E-state index < -0.39 is 10.0 Å². The molecule has 0 saturated carbocycles. The van der Waals surface area contributed by atoms with Crippen molar-refractivity contribution in [3.05, 3.63) is 65.7 Å². The Hall–Kier alpha value is -2.22. The zero-order valence-electron chi connectivity index (χ0n) is 18.4. The molecule has 0 aromatic heterocycles. The molecule has 7 heteroatoms. The molecule has 2 aliphatic heterocycles. The van der Waals surface area contributed by atoms with Crippen LogP contribution in [0.4, 0.5) is 0 Å². The van der Waals surface area contributed by atoms with Crippen LogP contribution in [0.2, 0.25) is 0 Å². The van der Waals surface area contributed by atoms with Gasteiger partial charge in [-0.2, -0.15) is 0 Å². The van der Waals surface area contributed by atoms with E-state index in [0.29, 0.717) is 31.2 Å². The summed E-state index contributed by atoms with van der Waals surface area (Å²) in [5.74, 6) is 0.524. The van der Waals surface area contributed by atoms with Crippen molar-refractivity contribution in [2.45, 2.75) is 49.5 Å². The number of nitrogens with zero attached hydrogens (tertiary/aromatic N) is 1. The van der Waals surface area contributed by atoms with Crippen molar-refractivity contribution in [3.8, 4) is 0 Å². The Kier molecular flexibility index (Phi) is 7.60. The normalized spacial score (nSPS) is 19.9. The minimum atomic E-state index is -3.68. The summed E-state index contributed by atoms with van der Waals surface area (Å²) in [6.07, 6.45) is 5.92. The summed E-state index contributed by atoms with van der Waals surface area (Å²) in [4.78, 5) is 15.0. The number of hydrogen-bond acceptors (Lipinski definition) is 4. The Bertz CT molecular complexity index is 996. The van der Waals surface area contributed by atoms with Crippen molar-refractivity contribution < 1.29 is 17.9 Å². The molecule has 32 heavy (non-hydrogen) atoms. The highest BCUT2D eigenvalue weighted by atomic mass is 32.2. The Morgan fingerprint density at radius 1 is 1.03 bits per heavy atom. The summed E-state index contributed by atoms with van der Waals surface area (Å²) in [6, 6.07) is 16.9. The second-order valence-electron chi connectivity index (χ2n) is 8.77. The van der Waals surface area contributed by atoms with Crippen LogP contribution in [0.3, 0.4) is 0 Å². The van der Waals surface area contributed by atoms with Gasteiger partial charge < -0.3 is 9.64 Å². The molecule has 2 saturated heterocycles. The van der Waals surface area contributed by atoms with E-state index >= 15 is 0 Å². The highest BCUT2D eigenvalue weighted by molar-refractivity contribution is 7.89. The first kappa shape index (κ1) is 23.0. The van der Waals surface area contributed by atoms with E-state index in [9.17, 15) is 13.2 Å². The molecule has 1 N–H and O–H groups in total. The van der Waals surface area contributed by atoms with Gasteiger partial charge in [-0.05, 0) is 68.2 Å². The maximum atomic E-state index is 13.0. The van der Waals surface area contributed by atoms with Crippen molar-refractivity contribution in [3.63, 3.8) is 0 Å². The van der Waals surface area contributed by atoms with Gasteiger partial charge in [-0.15, -0.1) is 0 Å². The maximum absolute atomic E-state index is 13.0. The maximum Gasteiger partial charge on any atom is 0.253 e. The predicted octanol–water partition coefficient (Wildman–Crippen LogP) is 3.63. The van der Waals surface area contributed by atoms with E-state index in [-0.39, 0.29) is 23.5 Å². The molecular weight excluding hydrogens is 424 g/mol. The summed E-state index contributed by atoms with van der Waals surface area (Å²) < 4.78 is 33.5. The van der Waals surface area contributed by atoms with E-state index in [4.69, 9.17) is 4.74 Å². The van der Waals surface area contributed by atoms with E-state index in [1.54, 1.807) is 12.1 Å². The van der Waals surface area contributed by atoms with Crippen LogP contribution in [0.5, 0.6) is 0 Å². The first-order chi connectivity index (χ1) is 15.5. The first-order valence-electron chi connectivity index (χ1n) is 11.6. The Balaban J connectivity index is 1.30. The fourth-order valence-corrected chi connectivity index (χ4v) is 5.62. The number of hydrogen-bond donors (Lipinski definition) is 1. The average molecular weight is 457 g/mol. The van der Waals surface area contributed by atoms with Crippen molar-refractivity contribution in [1.82, 2.24) is 9.62 Å². The molecule has 1 amide bonds. The molecule has 2 aromatic carbocycles. The lowest BCUT2D eigenvalue weighted by Crippen LogP contribution is -2.38. The lowest BCUT2D eigenvalue weighted by Gasteiger charge is -2.32. The number of carbonyl (C=O) groups is 1. The van der Waals surface area contributed by atoms with Crippen LogP contribution < -0.4 is 4.72 Å². The van der Waals surface area contributed by atoms with E-state index in [2.05, 4.69) is 29.0 Å². The minimum absolute atomic E-state index is 0.0715. The second kappa shape index (κ2) is 10.6. The standard InChI is InChI=1S/C25H32N2O4S/c28-25(27-15-13-21(14-16-27)12-11-20-6-2-1-3-7-20)22-8-4-10-24(18-22)32(29,30)26-19-23-9-5-17-31-23/h1-4,6-8,10,18,21,23,26H,5,9,11-17,19H2. The summed E-state index contributed by atoms with van der Waals surface area (Å²) in [6.45, 7) is 2.37. The van der Waals surface area contributed by atoms with Crippen LogP contribution in [-0.2, 0) is 21.2 Å². The largest absolute Gasteiger partial charge is 0.377 e. The van der Waals surface area contributed by atoms with Gasteiger partial charge >= 0.3 is 0 Å². The molecule has 4 rings (SSSR count). The van der Waals surface area contributed by atoms with Gasteiger partial charge in [-0.25, -0.2) is 13.1 Å². The number of rotatable bonds is 8. The zero-order valence-corrected chi connectivity index (χ0v) is 19.2. The van der Waals surface area contributed by atoms with Gasteiger partial charge in [0.1, 0.15) is 0 Å². The molecule has 2 aromatic rings. The number of ether oxygens (including phenoxy) is 1. The third kappa shape index (κ3) is 5.97. The molecule has 1 unspecified atom stereocenters. The fourth-order valence-electron chi connectivity index (χ4n) is 4.51. The van der Waals surface area contributed by atoms with Crippen molar-refractivity contribution in [2.24, 2.45) is 5.92 Å². The van der Waals surface area contributed by atoms with E-state index in [1.807, 2.05) is 11.0 Å². The van der Waals surface area contributed by atoms with Crippen molar-refractivity contribution in [1.29, 1.82) is 0 Å². The van der Waals surface area contributed by atoms with Gasteiger partial charge in [0, 0.05) is 31.8 Å². The van der Waals surface area contributed by atoms with Crippen LogP contribution >= 0.6 is 0 Å². The van der Waals surface area contributed by atoms with Crippen LogP contribution in [0, 0.1) is 5.92 Å². The minimum Gasteiger partial charge on any atom is -0.377 e. The number of piperidine rings is 1. The molecule has 2 aliphatic rings. The zero-order chi connectivity index (χ0) is 22.4. The number of benzene rings is 2. The number of carbonyl (C=O) groups excluding carboxylic acids is 1. The lowest BCUT2D eigenvalue weighted by atomic mass is 9.90. The third-order valence-electron chi connectivity index (χ3n) is 6.50. The van der Waals surface area contributed by atoms with Gasteiger partial charge in [-0.1, -0.05) is 36.4 Å². The number of nitrogens with one attached hydrogen (secondary N) is 1. The van der Waals surface area contributed by atoms with Crippen LogP contribution in [-0.4, -0.2) is 51.6 Å². The topological polar surface area (TPSA) is 75.7 Å². The lowest BCUT2D eigenvalue weighted by molar-refractivity contribution is 0.0686. The molecular formula is C25H32N2O4S. The molecule has 172 valence electrons. The van der Waals surface area contributed by atoms with Crippen LogP contribution in [0.1, 0.15) is 48.0 Å². The SMILES string of the molecule is O=C(c1cccc(S(=O)(=O)NCC2CCCO2)c1)N1CCC(CCc2ccccc2)CC1. The van der Waals surface area contributed by atoms with Gasteiger partial charge in [-0.3, -0.25) is 4.79 Å². The van der Waals surface area contributed by atoms with Crippen LogP contribution in [0.15, 0.2) is 59.5 Å². The Labute approximate surface area is 191 Å². The quantitative estimate of drug-likeness (QED) is 0.658. The van der Waals surface area contributed by atoms with Gasteiger partial charge in [0.2, 0.25) is 10.0 Å². The number of sulfonamides is 1. The average Bonchev–Trinajstić information content (AvgIpc) is 3.36. The number of aryl methyl sites for hydroxylation is 1. The molecule has 2 heterocycles. The summed E-state index contributed by atoms with van der Waals surface area (Å²) in [5.41, 5.74) is 1.78. The van der Waals surface area contributed by atoms with Crippen LogP contribution in [0.25, 0.3) is 0 Å². The van der Waals surface area contributed by atoms with Crippen molar-refractivity contribution in [2.75, 3.05) is 26.2 Å². The van der Waals surface area contributed by atoms with E-state index in [1.165, 1.54) is 17.7 Å². The highest BCUT2D eigenvalue weighted by Gasteiger charge is 2.25. The third-order valence-corrected chi connectivity index (χ3v) is 7.92. The smallest absolute Gasteiger partial charge is 0.253 e. The Morgan fingerprint density at radius 2 is 1.81 bits per heavy atom. The molecule has 0 aliphatic carbocycles. The summed E-state index contributed by atoms with van der Waals surface area (Å²) >= 11 is 0. The van der Waals surface area contributed by atoms with Crippen molar-refractivity contribution >= 4 is 15.9 Å². The number of likely N-dealkylation sites (tertiary alicyclic amines) is 1. The van der Waals surface area contributed by atoms with Gasteiger partial charge in [0.15, 0.2) is 0 Å². The molecule has 1 atom stereocenters. The number of amides is 1. The molecule has 0 spiro atoms. The molecule has 0 bridgehead atoms. The highest BCUT2D eigenvalue weighted by Crippen LogP contribution is 2.24. The summed E-state index contributed by atoms with van der Waals surface area (Å²) in [7, 11) is -3.68. The Morgan fingerprint density at radius 3 is 2.53 bits per heavy atom. The molecule has 2 fully saturated rings. The first-order valence-corrected chi connectivity index (χ1v) is 13.0. The monoisotopic (exact) mass is 456 g/mol. The molecule has 6 nitrogen and oxygen atoms in total. The van der Waals surface area contributed by atoms with Gasteiger partial charge in [0.25, 0.3) is 5.91 Å². The van der Waals surface area contributed by atoms with E-state index in [0.717, 1.165) is 38.5 Å². The second-order valence-corrected chi connectivity index (χ2v) is 10.5.